The Hall–Kier alpha value is -3.54. The molecule has 204 valence electrons. The fraction of sp³-hybridized carbons (Fsp3) is 0.438. The van der Waals surface area contributed by atoms with Crippen molar-refractivity contribution in [2.24, 2.45) is 5.92 Å². The maximum atomic E-state index is 13.7. The molecule has 0 saturated heterocycles. The number of amides is 3. The number of urea groups is 1. The molecule has 0 aliphatic heterocycles. The molecule has 3 rings (SSSR count). The van der Waals surface area contributed by atoms with Gasteiger partial charge >= 0.3 is 6.03 Å². The largest absolute Gasteiger partial charge is 0.464 e. The lowest BCUT2D eigenvalue weighted by Gasteiger charge is -2.29. The van der Waals surface area contributed by atoms with E-state index in [2.05, 4.69) is 59.0 Å². The van der Waals surface area contributed by atoms with Crippen molar-refractivity contribution >= 4 is 17.6 Å². The molecule has 0 fully saturated rings. The highest BCUT2D eigenvalue weighted by molar-refractivity contribution is 5.94. The highest BCUT2D eigenvalue weighted by atomic mass is 16.3. The third-order valence-corrected chi connectivity index (χ3v) is 6.52. The van der Waals surface area contributed by atoms with Crippen LogP contribution in [0, 0.1) is 12.8 Å². The molecule has 0 atom stereocenters. The van der Waals surface area contributed by atoms with Gasteiger partial charge in [0.15, 0.2) is 0 Å². The molecular formula is C32H43N3O3. The normalized spacial score (nSPS) is 11.3. The third kappa shape index (κ3) is 7.98. The van der Waals surface area contributed by atoms with Gasteiger partial charge in [0.25, 0.3) is 0 Å². The topological polar surface area (TPSA) is 65.8 Å². The van der Waals surface area contributed by atoms with Gasteiger partial charge in [0.05, 0.1) is 6.54 Å². The maximum absolute atomic E-state index is 13.7. The van der Waals surface area contributed by atoms with Crippen LogP contribution in [0.3, 0.4) is 0 Å². The van der Waals surface area contributed by atoms with E-state index >= 15 is 0 Å². The summed E-state index contributed by atoms with van der Waals surface area (Å²) in [4.78, 5) is 30.8. The van der Waals surface area contributed by atoms with Gasteiger partial charge in [0.1, 0.15) is 18.1 Å². The monoisotopic (exact) mass is 517 g/mol. The summed E-state index contributed by atoms with van der Waals surface area (Å²) < 4.78 is 5.78. The Bertz CT molecular complexity index is 1170. The number of carbonyl (C=O) groups is 2. The van der Waals surface area contributed by atoms with E-state index < -0.39 is 0 Å². The molecule has 0 aliphatic rings. The third-order valence-electron chi connectivity index (χ3n) is 6.52. The quantitative estimate of drug-likeness (QED) is 0.285. The SMILES string of the molecule is Cc1ccc(CN(Cc2ccccc2)C(=O)CN(CC(C)C)C(=O)Nc2c(C(C)C)cccc2C(C)C)o1. The number of benzene rings is 2. The molecule has 6 nitrogen and oxygen atoms in total. The number of aryl methyl sites for hydroxylation is 1. The molecule has 0 saturated carbocycles. The Morgan fingerprint density at radius 1 is 0.789 bits per heavy atom. The molecule has 0 bridgehead atoms. The van der Waals surface area contributed by atoms with Crippen LogP contribution in [0.2, 0.25) is 0 Å². The van der Waals surface area contributed by atoms with Gasteiger partial charge in [-0.05, 0) is 53.5 Å². The molecule has 1 N–H and O–H groups in total. The summed E-state index contributed by atoms with van der Waals surface area (Å²) in [6.45, 7) is 15.7. The first-order chi connectivity index (χ1) is 18.0. The van der Waals surface area contributed by atoms with Crippen LogP contribution in [0.1, 0.15) is 81.6 Å². The Balaban J connectivity index is 1.86. The highest BCUT2D eigenvalue weighted by Crippen LogP contribution is 2.32. The predicted octanol–water partition coefficient (Wildman–Crippen LogP) is 7.55. The standard InChI is InChI=1S/C32H43N3O3/c1-22(2)18-35(32(37)33-31-28(23(3)4)14-11-15-29(31)24(5)6)21-30(36)34(19-26-12-9-8-10-13-26)20-27-17-16-25(7)38-27/h8-17,22-24H,18-21H2,1-7H3,(H,33,37). The van der Waals surface area contributed by atoms with Crippen LogP contribution in [0.15, 0.2) is 65.1 Å². The van der Waals surface area contributed by atoms with Crippen molar-refractivity contribution in [2.75, 3.05) is 18.4 Å². The van der Waals surface area contributed by atoms with Gasteiger partial charge in [0.2, 0.25) is 5.91 Å². The average molecular weight is 518 g/mol. The van der Waals surface area contributed by atoms with Gasteiger partial charge < -0.3 is 19.5 Å². The summed E-state index contributed by atoms with van der Waals surface area (Å²) >= 11 is 0. The zero-order chi connectivity index (χ0) is 27.8. The number of furan rings is 1. The van der Waals surface area contributed by atoms with E-state index in [1.165, 1.54) is 0 Å². The zero-order valence-corrected chi connectivity index (χ0v) is 24.0. The summed E-state index contributed by atoms with van der Waals surface area (Å²) in [5.41, 5.74) is 4.07. The molecule has 0 unspecified atom stereocenters. The first-order valence-electron chi connectivity index (χ1n) is 13.6. The van der Waals surface area contributed by atoms with Gasteiger partial charge in [-0.1, -0.05) is 90.1 Å². The minimum absolute atomic E-state index is 0.0165. The van der Waals surface area contributed by atoms with E-state index in [0.29, 0.717) is 19.6 Å². The van der Waals surface area contributed by atoms with Gasteiger partial charge in [-0.3, -0.25) is 4.79 Å². The number of para-hydroxylation sites is 1. The molecular weight excluding hydrogens is 474 g/mol. The lowest BCUT2D eigenvalue weighted by Crippen LogP contribution is -2.45. The summed E-state index contributed by atoms with van der Waals surface area (Å²) in [7, 11) is 0. The minimum Gasteiger partial charge on any atom is -0.464 e. The predicted molar refractivity (Wildman–Crippen MR) is 154 cm³/mol. The number of carbonyl (C=O) groups excluding carboxylic acids is 2. The molecule has 0 radical (unpaired) electrons. The summed E-state index contributed by atoms with van der Waals surface area (Å²) in [5.74, 6) is 2.11. The Kier molecular flexibility index (Phi) is 10.2. The second-order valence-corrected chi connectivity index (χ2v) is 11.1. The van der Waals surface area contributed by atoms with Crippen LogP contribution in [-0.2, 0) is 17.9 Å². The molecule has 1 heterocycles. The molecule has 1 aromatic heterocycles. The first-order valence-corrected chi connectivity index (χ1v) is 13.6. The van der Waals surface area contributed by atoms with Crippen LogP contribution < -0.4 is 5.32 Å². The maximum Gasteiger partial charge on any atom is 0.322 e. The summed E-state index contributed by atoms with van der Waals surface area (Å²) in [5, 5.41) is 3.19. The van der Waals surface area contributed by atoms with Gasteiger partial charge in [-0.2, -0.15) is 0 Å². The summed E-state index contributed by atoms with van der Waals surface area (Å²) in [6, 6.07) is 19.6. The first kappa shape index (κ1) is 29.0. The van der Waals surface area contributed by atoms with Gasteiger partial charge in [-0.25, -0.2) is 4.79 Å². The molecule has 3 amide bonds. The van der Waals surface area contributed by atoms with E-state index in [4.69, 9.17) is 4.42 Å². The molecule has 2 aromatic carbocycles. The van der Waals surface area contributed by atoms with Crippen LogP contribution in [0.25, 0.3) is 0 Å². The fourth-order valence-electron chi connectivity index (χ4n) is 4.60. The number of rotatable bonds is 11. The highest BCUT2D eigenvalue weighted by Gasteiger charge is 2.25. The van der Waals surface area contributed by atoms with E-state index in [1.54, 1.807) is 9.80 Å². The Morgan fingerprint density at radius 3 is 1.95 bits per heavy atom. The van der Waals surface area contributed by atoms with Crippen molar-refractivity contribution in [1.29, 1.82) is 0 Å². The number of nitrogens with one attached hydrogen (secondary N) is 1. The number of anilines is 1. The van der Waals surface area contributed by atoms with Crippen molar-refractivity contribution < 1.29 is 14.0 Å². The molecule has 38 heavy (non-hydrogen) atoms. The summed E-state index contributed by atoms with van der Waals surface area (Å²) in [6.07, 6.45) is 0. The van der Waals surface area contributed by atoms with E-state index in [1.807, 2.05) is 55.5 Å². The van der Waals surface area contributed by atoms with Crippen molar-refractivity contribution in [3.63, 3.8) is 0 Å². The van der Waals surface area contributed by atoms with Crippen molar-refractivity contribution in [3.8, 4) is 0 Å². The van der Waals surface area contributed by atoms with Crippen molar-refractivity contribution in [1.82, 2.24) is 9.80 Å². The van der Waals surface area contributed by atoms with Crippen molar-refractivity contribution in [2.45, 2.75) is 73.4 Å². The average Bonchev–Trinajstić information content (AvgIpc) is 3.27. The van der Waals surface area contributed by atoms with E-state index in [0.717, 1.165) is 33.9 Å². The molecule has 0 aliphatic carbocycles. The van der Waals surface area contributed by atoms with Crippen LogP contribution in [0.4, 0.5) is 10.5 Å². The smallest absolute Gasteiger partial charge is 0.322 e. The number of hydrogen-bond acceptors (Lipinski definition) is 3. The molecule has 3 aromatic rings. The zero-order valence-electron chi connectivity index (χ0n) is 24.0. The van der Waals surface area contributed by atoms with Crippen LogP contribution in [-0.4, -0.2) is 34.8 Å². The van der Waals surface area contributed by atoms with Crippen LogP contribution >= 0.6 is 0 Å². The number of nitrogens with zero attached hydrogens (tertiary/aromatic N) is 2. The lowest BCUT2D eigenvalue weighted by atomic mass is 9.93. The Morgan fingerprint density at radius 2 is 1.42 bits per heavy atom. The second kappa shape index (κ2) is 13.3. The fourth-order valence-corrected chi connectivity index (χ4v) is 4.60. The molecule has 6 heteroatoms. The molecule has 0 spiro atoms. The van der Waals surface area contributed by atoms with Crippen molar-refractivity contribution in [3.05, 3.63) is 88.9 Å². The van der Waals surface area contributed by atoms with E-state index in [9.17, 15) is 9.59 Å². The minimum atomic E-state index is -0.254. The lowest BCUT2D eigenvalue weighted by molar-refractivity contribution is -0.133. The van der Waals surface area contributed by atoms with E-state index in [-0.39, 0.29) is 36.2 Å². The number of hydrogen-bond donors (Lipinski definition) is 1. The second-order valence-electron chi connectivity index (χ2n) is 11.1. The van der Waals surface area contributed by atoms with Crippen LogP contribution in [0.5, 0.6) is 0 Å². The van der Waals surface area contributed by atoms with Gasteiger partial charge in [-0.15, -0.1) is 0 Å². The Labute approximate surface area is 228 Å². The van der Waals surface area contributed by atoms with Gasteiger partial charge in [0, 0.05) is 18.8 Å².